The standard InChI is InChI=1S/C11H12O3/c12-8-11(14,9-13)7-6-10-4-2-1-3-5-10/h1-5,12-14H,8-9H2. The summed E-state index contributed by atoms with van der Waals surface area (Å²) in [6, 6.07) is 9.06. The van der Waals surface area contributed by atoms with Crippen LogP contribution in [0.1, 0.15) is 5.56 Å². The van der Waals surface area contributed by atoms with Gasteiger partial charge in [-0.25, -0.2) is 0 Å². The molecule has 0 aliphatic heterocycles. The van der Waals surface area contributed by atoms with E-state index in [4.69, 9.17) is 10.2 Å². The van der Waals surface area contributed by atoms with Gasteiger partial charge in [-0.05, 0) is 12.1 Å². The van der Waals surface area contributed by atoms with Crippen LogP contribution in [0.15, 0.2) is 30.3 Å². The molecule has 0 amide bonds. The molecule has 0 aliphatic carbocycles. The molecule has 0 aromatic heterocycles. The van der Waals surface area contributed by atoms with Crippen LogP contribution in [0.3, 0.4) is 0 Å². The van der Waals surface area contributed by atoms with Gasteiger partial charge in [0.2, 0.25) is 0 Å². The Morgan fingerprint density at radius 1 is 1.07 bits per heavy atom. The van der Waals surface area contributed by atoms with Crippen molar-refractivity contribution < 1.29 is 15.3 Å². The fraction of sp³-hybridized carbons (Fsp3) is 0.273. The third-order valence-corrected chi connectivity index (χ3v) is 1.74. The fourth-order valence-corrected chi connectivity index (χ4v) is 0.839. The third kappa shape index (κ3) is 2.86. The van der Waals surface area contributed by atoms with Crippen LogP contribution in [0.25, 0.3) is 0 Å². The molecule has 1 aromatic rings. The molecule has 0 spiro atoms. The lowest BCUT2D eigenvalue weighted by molar-refractivity contribution is -0.00938. The van der Waals surface area contributed by atoms with E-state index in [1.54, 1.807) is 12.1 Å². The average molecular weight is 192 g/mol. The zero-order chi connectivity index (χ0) is 10.4. The first-order valence-electron chi connectivity index (χ1n) is 4.22. The molecular formula is C11H12O3. The van der Waals surface area contributed by atoms with Crippen molar-refractivity contribution in [2.75, 3.05) is 13.2 Å². The lowest BCUT2D eigenvalue weighted by atomic mass is 10.1. The number of hydrogen-bond donors (Lipinski definition) is 3. The van der Waals surface area contributed by atoms with Crippen LogP contribution in [0.2, 0.25) is 0 Å². The lowest BCUT2D eigenvalue weighted by Gasteiger charge is -2.14. The molecule has 1 aromatic carbocycles. The van der Waals surface area contributed by atoms with Crippen molar-refractivity contribution >= 4 is 0 Å². The van der Waals surface area contributed by atoms with Crippen LogP contribution in [0.5, 0.6) is 0 Å². The summed E-state index contributed by atoms with van der Waals surface area (Å²) in [4.78, 5) is 0. The molecule has 0 bridgehead atoms. The predicted molar refractivity (Wildman–Crippen MR) is 52.4 cm³/mol. The second-order valence-electron chi connectivity index (χ2n) is 2.96. The number of hydrogen-bond acceptors (Lipinski definition) is 3. The summed E-state index contributed by atoms with van der Waals surface area (Å²) in [6.07, 6.45) is 0. The molecule has 74 valence electrons. The maximum atomic E-state index is 9.42. The summed E-state index contributed by atoms with van der Waals surface area (Å²) in [6.45, 7) is -1.16. The Morgan fingerprint density at radius 3 is 2.14 bits per heavy atom. The molecule has 0 radical (unpaired) electrons. The van der Waals surface area contributed by atoms with Gasteiger partial charge in [-0.15, -0.1) is 0 Å². The Labute approximate surface area is 82.6 Å². The summed E-state index contributed by atoms with van der Waals surface area (Å²) in [5.74, 6) is 5.08. The van der Waals surface area contributed by atoms with Crippen LogP contribution in [0, 0.1) is 11.8 Å². The quantitative estimate of drug-likeness (QED) is 0.566. The second-order valence-corrected chi connectivity index (χ2v) is 2.96. The predicted octanol–water partition coefficient (Wildman–Crippen LogP) is -0.246. The van der Waals surface area contributed by atoms with Crippen molar-refractivity contribution in [1.29, 1.82) is 0 Å². The molecule has 0 aliphatic rings. The van der Waals surface area contributed by atoms with Gasteiger partial charge < -0.3 is 15.3 Å². The number of aliphatic hydroxyl groups excluding tert-OH is 2. The molecule has 0 atom stereocenters. The van der Waals surface area contributed by atoms with Gasteiger partial charge in [0, 0.05) is 5.56 Å². The van der Waals surface area contributed by atoms with Gasteiger partial charge in [-0.3, -0.25) is 0 Å². The zero-order valence-electron chi connectivity index (χ0n) is 7.64. The zero-order valence-corrected chi connectivity index (χ0v) is 7.64. The van der Waals surface area contributed by atoms with Crippen LogP contribution >= 0.6 is 0 Å². The first-order valence-corrected chi connectivity index (χ1v) is 4.22. The molecule has 1 rings (SSSR count). The van der Waals surface area contributed by atoms with Crippen molar-refractivity contribution in [3.8, 4) is 11.8 Å². The van der Waals surface area contributed by atoms with Gasteiger partial charge in [-0.2, -0.15) is 0 Å². The summed E-state index contributed by atoms with van der Waals surface area (Å²) in [5.41, 5.74) is -0.983. The number of rotatable bonds is 2. The summed E-state index contributed by atoms with van der Waals surface area (Å²) in [7, 11) is 0. The molecule has 0 fully saturated rings. The maximum absolute atomic E-state index is 9.42. The smallest absolute Gasteiger partial charge is 0.171 e. The molecule has 3 nitrogen and oxygen atoms in total. The molecule has 0 heterocycles. The van der Waals surface area contributed by atoms with E-state index in [2.05, 4.69) is 11.8 Å². The molecule has 0 unspecified atom stereocenters. The SMILES string of the molecule is OCC(O)(C#Cc1ccccc1)CO. The van der Waals surface area contributed by atoms with Crippen LogP contribution in [-0.2, 0) is 0 Å². The maximum Gasteiger partial charge on any atom is 0.171 e. The van der Waals surface area contributed by atoms with E-state index in [-0.39, 0.29) is 0 Å². The van der Waals surface area contributed by atoms with E-state index >= 15 is 0 Å². The van der Waals surface area contributed by atoms with Crippen LogP contribution < -0.4 is 0 Å². The Morgan fingerprint density at radius 2 is 1.64 bits per heavy atom. The van der Waals surface area contributed by atoms with Crippen molar-refractivity contribution in [2.45, 2.75) is 5.60 Å². The van der Waals surface area contributed by atoms with Gasteiger partial charge in [0.1, 0.15) is 0 Å². The number of benzene rings is 1. The first kappa shape index (κ1) is 10.7. The van der Waals surface area contributed by atoms with Crippen LogP contribution in [0.4, 0.5) is 0 Å². The highest BCUT2D eigenvalue weighted by Crippen LogP contribution is 2.01. The highest BCUT2D eigenvalue weighted by atomic mass is 16.4. The van der Waals surface area contributed by atoms with Crippen molar-refractivity contribution in [3.63, 3.8) is 0 Å². The van der Waals surface area contributed by atoms with Crippen molar-refractivity contribution in [3.05, 3.63) is 35.9 Å². The minimum atomic E-state index is -1.71. The molecule has 0 saturated heterocycles. The Kier molecular flexibility index (Phi) is 3.66. The molecule has 14 heavy (non-hydrogen) atoms. The van der Waals surface area contributed by atoms with E-state index in [1.165, 1.54) is 0 Å². The summed E-state index contributed by atoms with van der Waals surface area (Å²) < 4.78 is 0. The minimum Gasteiger partial charge on any atom is -0.392 e. The highest BCUT2D eigenvalue weighted by molar-refractivity contribution is 5.35. The van der Waals surface area contributed by atoms with E-state index in [9.17, 15) is 5.11 Å². The Bertz CT molecular complexity index is 331. The summed E-state index contributed by atoms with van der Waals surface area (Å²) in [5, 5.41) is 26.9. The fourth-order valence-electron chi connectivity index (χ4n) is 0.839. The molecule has 3 heteroatoms. The van der Waals surface area contributed by atoms with Crippen molar-refractivity contribution in [2.24, 2.45) is 0 Å². The van der Waals surface area contributed by atoms with E-state index in [0.29, 0.717) is 0 Å². The first-order chi connectivity index (χ1) is 6.70. The van der Waals surface area contributed by atoms with E-state index < -0.39 is 18.8 Å². The summed E-state index contributed by atoms with van der Waals surface area (Å²) >= 11 is 0. The van der Waals surface area contributed by atoms with Gasteiger partial charge >= 0.3 is 0 Å². The van der Waals surface area contributed by atoms with Gasteiger partial charge in [0.05, 0.1) is 13.2 Å². The third-order valence-electron chi connectivity index (χ3n) is 1.74. The van der Waals surface area contributed by atoms with Gasteiger partial charge in [0.25, 0.3) is 0 Å². The highest BCUT2D eigenvalue weighted by Gasteiger charge is 2.21. The molecular weight excluding hydrogens is 180 g/mol. The normalized spacial score (nSPS) is 10.5. The van der Waals surface area contributed by atoms with E-state index in [0.717, 1.165) is 5.56 Å². The molecule has 3 N–H and O–H groups in total. The largest absolute Gasteiger partial charge is 0.392 e. The van der Waals surface area contributed by atoms with Gasteiger partial charge in [0.15, 0.2) is 5.60 Å². The average Bonchev–Trinajstić information content (AvgIpc) is 2.27. The Balaban J connectivity index is 2.82. The van der Waals surface area contributed by atoms with Crippen LogP contribution in [-0.4, -0.2) is 34.1 Å². The van der Waals surface area contributed by atoms with Crippen molar-refractivity contribution in [1.82, 2.24) is 0 Å². The molecule has 0 saturated carbocycles. The number of aliphatic hydroxyl groups is 3. The Hall–Kier alpha value is -1.34. The monoisotopic (exact) mass is 192 g/mol. The topological polar surface area (TPSA) is 60.7 Å². The lowest BCUT2D eigenvalue weighted by Crippen LogP contribution is -2.35. The second kappa shape index (κ2) is 4.77. The van der Waals surface area contributed by atoms with E-state index in [1.807, 2.05) is 18.2 Å². The van der Waals surface area contributed by atoms with Gasteiger partial charge in [-0.1, -0.05) is 30.0 Å². The minimum absolute atomic E-state index is 0.580.